The Bertz CT molecular complexity index is 959. The zero-order valence-electron chi connectivity index (χ0n) is 13.5. The van der Waals surface area contributed by atoms with Crippen LogP contribution in [-0.2, 0) is 0 Å². The van der Waals surface area contributed by atoms with E-state index in [0.29, 0.717) is 35.3 Å². The molecule has 0 unspecified atom stereocenters. The van der Waals surface area contributed by atoms with Gasteiger partial charge in [0.1, 0.15) is 18.1 Å². The lowest BCUT2D eigenvalue weighted by atomic mass is 10.0. The van der Waals surface area contributed by atoms with Crippen LogP contribution in [0.25, 0.3) is 5.78 Å². The monoisotopic (exact) mass is 397 g/mol. The molecule has 0 radical (unpaired) electrons. The number of benzene rings is 1. The van der Waals surface area contributed by atoms with Crippen molar-refractivity contribution >= 4 is 27.5 Å². The van der Waals surface area contributed by atoms with Crippen molar-refractivity contribution in [1.82, 2.24) is 14.4 Å². The van der Waals surface area contributed by atoms with Crippen LogP contribution in [0.5, 0.6) is 5.75 Å². The SMILES string of the molecule is C=CCOc1ccc(C(=O)c2c(C3CC3)nc3ncc(Br)cn23)cc1. The first kappa shape index (κ1) is 16.0. The van der Waals surface area contributed by atoms with Crippen molar-refractivity contribution < 1.29 is 9.53 Å². The Morgan fingerprint density at radius 1 is 1.36 bits per heavy atom. The Labute approximate surface area is 153 Å². The summed E-state index contributed by atoms with van der Waals surface area (Å²) in [6.45, 7) is 4.06. The zero-order valence-corrected chi connectivity index (χ0v) is 15.1. The molecule has 0 aliphatic heterocycles. The first-order valence-electron chi connectivity index (χ1n) is 8.09. The van der Waals surface area contributed by atoms with Crippen molar-refractivity contribution in [2.24, 2.45) is 0 Å². The van der Waals surface area contributed by atoms with Crippen molar-refractivity contribution in [3.8, 4) is 5.75 Å². The number of ketones is 1. The molecule has 25 heavy (non-hydrogen) atoms. The van der Waals surface area contributed by atoms with E-state index in [0.717, 1.165) is 23.0 Å². The van der Waals surface area contributed by atoms with E-state index in [1.165, 1.54) is 0 Å². The molecule has 5 nitrogen and oxygen atoms in total. The molecular weight excluding hydrogens is 382 g/mol. The van der Waals surface area contributed by atoms with Crippen LogP contribution in [0.2, 0.25) is 0 Å². The molecule has 6 heteroatoms. The van der Waals surface area contributed by atoms with Crippen molar-refractivity contribution in [3.63, 3.8) is 0 Å². The summed E-state index contributed by atoms with van der Waals surface area (Å²) in [5.74, 6) is 1.57. The first-order valence-corrected chi connectivity index (χ1v) is 8.88. The zero-order chi connectivity index (χ0) is 17.4. The van der Waals surface area contributed by atoms with Crippen LogP contribution in [-0.4, -0.2) is 26.8 Å². The number of imidazole rings is 1. The van der Waals surface area contributed by atoms with E-state index in [9.17, 15) is 4.79 Å². The number of rotatable bonds is 6. The van der Waals surface area contributed by atoms with Crippen molar-refractivity contribution in [2.75, 3.05) is 6.61 Å². The maximum absolute atomic E-state index is 13.2. The fourth-order valence-corrected chi connectivity index (χ4v) is 3.10. The van der Waals surface area contributed by atoms with Crippen LogP contribution in [0, 0.1) is 0 Å². The van der Waals surface area contributed by atoms with Gasteiger partial charge in [-0.3, -0.25) is 9.20 Å². The molecule has 2 heterocycles. The number of aromatic nitrogens is 3. The Morgan fingerprint density at radius 3 is 2.80 bits per heavy atom. The topological polar surface area (TPSA) is 56.5 Å². The molecule has 1 aliphatic rings. The molecule has 1 aromatic carbocycles. The Hall–Kier alpha value is -2.47. The number of hydrogen-bond donors (Lipinski definition) is 0. The largest absolute Gasteiger partial charge is 0.490 e. The molecule has 0 atom stereocenters. The normalized spacial score (nSPS) is 13.8. The van der Waals surface area contributed by atoms with Crippen LogP contribution in [0.15, 0.2) is 53.8 Å². The third-order valence-corrected chi connectivity index (χ3v) is 4.55. The highest BCUT2D eigenvalue weighted by Crippen LogP contribution is 2.41. The van der Waals surface area contributed by atoms with Crippen LogP contribution < -0.4 is 4.74 Å². The van der Waals surface area contributed by atoms with Gasteiger partial charge in [-0.1, -0.05) is 12.7 Å². The second-order valence-electron chi connectivity index (χ2n) is 6.02. The fraction of sp³-hybridized carbons (Fsp3) is 0.211. The predicted molar refractivity (Wildman–Crippen MR) is 98.2 cm³/mol. The summed E-state index contributed by atoms with van der Waals surface area (Å²) in [7, 11) is 0. The molecule has 126 valence electrons. The fourth-order valence-electron chi connectivity index (χ4n) is 2.79. The maximum atomic E-state index is 13.2. The van der Waals surface area contributed by atoms with E-state index in [1.54, 1.807) is 40.9 Å². The van der Waals surface area contributed by atoms with Gasteiger partial charge in [0.05, 0.1) is 10.2 Å². The molecule has 2 aromatic heterocycles. The lowest BCUT2D eigenvalue weighted by Gasteiger charge is -2.06. The average Bonchev–Trinajstić information content (AvgIpc) is 3.41. The van der Waals surface area contributed by atoms with Gasteiger partial charge in [0.2, 0.25) is 11.6 Å². The highest BCUT2D eigenvalue weighted by atomic mass is 79.9. The van der Waals surface area contributed by atoms with Gasteiger partial charge in [0, 0.05) is 23.9 Å². The second kappa shape index (κ2) is 6.44. The van der Waals surface area contributed by atoms with Crippen LogP contribution in [0.4, 0.5) is 0 Å². The van der Waals surface area contributed by atoms with Crippen LogP contribution in [0.3, 0.4) is 0 Å². The number of hydrogen-bond acceptors (Lipinski definition) is 4. The molecule has 0 amide bonds. The highest BCUT2D eigenvalue weighted by molar-refractivity contribution is 9.10. The third-order valence-electron chi connectivity index (χ3n) is 4.14. The van der Waals surface area contributed by atoms with E-state index in [1.807, 2.05) is 6.20 Å². The third kappa shape index (κ3) is 3.09. The van der Waals surface area contributed by atoms with Gasteiger partial charge in [-0.25, -0.2) is 9.97 Å². The smallest absolute Gasteiger partial charge is 0.234 e. The summed E-state index contributed by atoms with van der Waals surface area (Å²) in [6.07, 6.45) is 7.36. The molecule has 4 rings (SSSR count). The Balaban J connectivity index is 1.75. The van der Waals surface area contributed by atoms with Gasteiger partial charge in [-0.15, -0.1) is 0 Å². The quantitative estimate of drug-likeness (QED) is 0.462. The van der Waals surface area contributed by atoms with Crippen LogP contribution in [0.1, 0.15) is 40.5 Å². The predicted octanol–water partition coefficient (Wildman–Crippen LogP) is 4.17. The molecule has 1 aliphatic carbocycles. The summed E-state index contributed by atoms with van der Waals surface area (Å²) >= 11 is 3.42. The number of fused-ring (bicyclic) bond motifs is 1. The number of carbonyl (C=O) groups is 1. The first-order chi connectivity index (χ1) is 12.2. The standard InChI is InChI=1S/C19H16BrN3O2/c1-2-9-25-15-7-5-13(6-8-15)18(24)17-16(12-3-4-12)22-19-21-10-14(20)11-23(17)19/h2,5-8,10-12H,1,3-4,9H2. The number of halogens is 1. The number of nitrogens with zero attached hydrogens (tertiary/aromatic N) is 3. The van der Waals surface area contributed by atoms with Gasteiger partial charge in [0.25, 0.3) is 0 Å². The van der Waals surface area contributed by atoms with E-state index in [4.69, 9.17) is 4.74 Å². The van der Waals surface area contributed by atoms with E-state index >= 15 is 0 Å². The Morgan fingerprint density at radius 2 is 2.12 bits per heavy atom. The van der Waals surface area contributed by atoms with Gasteiger partial charge in [-0.2, -0.15) is 0 Å². The minimum absolute atomic E-state index is 0.0513. The summed E-state index contributed by atoms with van der Waals surface area (Å²) in [6, 6.07) is 7.15. The molecule has 0 N–H and O–H groups in total. The molecular formula is C19H16BrN3O2. The molecule has 3 aromatic rings. The minimum Gasteiger partial charge on any atom is -0.490 e. The Kier molecular flexibility index (Phi) is 4.13. The molecule has 1 fully saturated rings. The summed E-state index contributed by atoms with van der Waals surface area (Å²) < 4.78 is 8.06. The lowest BCUT2D eigenvalue weighted by molar-refractivity contribution is 0.103. The number of ether oxygens (including phenoxy) is 1. The highest BCUT2D eigenvalue weighted by Gasteiger charge is 2.33. The van der Waals surface area contributed by atoms with Gasteiger partial charge < -0.3 is 4.74 Å². The van der Waals surface area contributed by atoms with Crippen molar-refractivity contribution in [1.29, 1.82) is 0 Å². The maximum Gasteiger partial charge on any atom is 0.234 e. The average molecular weight is 398 g/mol. The lowest BCUT2D eigenvalue weighted by Crippen LogP contribution is -2.08. The molecule has 0 bridgehead atoms. The number of carbonyl (C=O) groups excluding carboxylic acids is 1. The van der Waals surface area contributed by atoms with E-state index in [2.05, 4.69) is 32.5 Å². The van der Waals surface area contributed by atoms with Crippen LogP contribution >= 0.6 is 15.9 Å². The summed E-state index contributed by atoms with van der Waals surface area (Å²) in [5, 5.41) is 0. The summed E-state index contributed by atoms with van der Waals surface area (Å²) in [4.78, 5) is 22.1. The van der Waals surface area contributed by atoms with E-state index in [-0.39, 0.29) is 5.78 Å². The van der Waals surface area contributed by atoms with Gasteiger partial charge in [-0.05, 0) is 53.0 Å². The molecule has 0 saturated heterocycles. The van der Waals surface area contributed by atoms with Crippen molar-refractivity contribution in [3.05, 3.63) is 70.7 Å². The molecule has 0 spiro atoms. The second-order valence-corrected chi connectivity index (χ2v) is 6.93. The van der Waals surface area contributed by atoms with Gasteiger partial charge in [0.15, 0.2) is 0 Å². The summed E-state index contributed by atoms with van der Waals surface area (Å²) in [5.41, 5.74) is 2.06. The minimum atomic E-state index is -0.0513. The molecule has 1 saturated carbocycles. The van der Waals surface area contributed by atoms with Gasteiger partial charge >= 0.3 is 0 Å². The van der Waals surface area contributed by atoms with Crippen molar-refractivity contribution in [2.45, 2.75) is 18.8 Å². The van der Waals surface area contributed by atoms with E-state index < -0.39 is 0 Å².